The molecule has 190 valence electrons. The molecule has 0 bridgehead atoms. The Balaban J connectivity index is 1.43. The maximum Gasteiger partial charge on any atom is 0.435 e. The molecule has 11 heteroatoms. The van der Waals surface area contributed by atoms with E-state index in [4.69, 9.17) is 11.6 Å². The van der Waals surface area contributed by atoms with E-state index in [1.54, 1.807) is 19.1 Å². The van der Waals surface area contributed by atoms with Gasteiger partial charge in [-0.1, -0.05) is 37.3 Å². The van der Waals surface area contributed by atoms with Crippen molar-refractivity contribution in [1.29, 1.82) is 0 Å². The molecule has 0 spiro atoms. The number of rotatable bonds is 9. The second-order valence-corrected chi connectivity index (χ2v) is 10.9. The van der Waals surface area contributed by atoms with Gasteiger partial charge in [0, 0.05) is 17.1 Å². The number of pyridine rings is 1. The number of anilines is 1. The Kier molecular flexibility index (Phi) is 7.90. The van der Waals surface area contributed by atoms with Gasteiger partial charge in [0.25, 0.3) is 5.91 Å². The zero-order chi connectivity index (χ0) is 25.2. The fourth-order valence-electron chi connectivity index (χ4n) is 4.36. The van der Waals surface area contributed by atoms with Gasteiger partial charge in [-0.3, -0.25) is 9.59 Å². The van der Waals surface area contributed by atoms with Gasteiger partial charge in [0.05, 0.1) is 21.6 Å². The number of thiophene rings is 1. The molecule has 0 radical (unpaired) electrons. The van der Waals surface area contributed by atoms with Crippen LogP contribution in [0.4, 0.5) is 18.9 Å². The Hall–Kier alpha value is -2.33. The molecule has 0 aromatic carbocycles. The van der Waals surface area contributed by atoms with E-state index in [2.05, 4.69) is 20.9 Å². The number of carbonyl (C=O) groups is 2. The maximum atomic E-state index is 13.3. The Morgan fingerprint density at radius 3 is 2.57 bits per heavy atom. The molecule has 2 aliphatic carbocycles. The minimum atomic E-state index is -4.64. The zero-order valence-electron chi connectivity index (χ0n) is 19.3. The average Bonchev–Trinajstić information content (AvgIpc) is 3.24. The van der Waals surface area contributed by atoms with Gasteiger partial charge in [0.1, 0.15) is 6.04 Å². The van der Waals surface area contributed by atoms with Crippen molar-refractivity contribution < 1.29 is 22.8 Å². The Morgan fingerprint density at radius 2 is 1.91 bits per heavy atom. The molecule has 0 saturated heterocycles. The number of nitrogens with one attached hydrogen (secondary N) is 3. The molecular formula is C24H28ClF3N4O2S. The molecule has 3 N–H and O–H groups in total. The fraction of sp³-hybridized carbons (Fsp3) is 0.542. The fourth-order valence-corrected chi connectivity index (χ4v) is 5.43. The number of hydrogen-bond donors (Lipinski definition) is 3. The molecule has 2 atom stereocenters. The highest BCUT2D eigenvalue weighted by molar-refractivity contribution is 7.14. The van der Waals surface area contributed by atoms with Crippen LogP contribution in [-0.4, -0.2) is 28.9 Å². The van der Waals surface area contributed by atoms with Crippen LogP contribution in [0.5, 0.6) is 0 Å². The van der Waals surface area contributed by atoms with Crippen LogP contribution < -0.4 is 16.0 Å². The standard InChI is InChI=1S/C24H28ClF3N4O2S/c1-13(30-17-11-15(25)12-29-21(17)24(26,27)28)19-8-9-20(35-19)23(34)32-18(10-14-4-2-3-5-14)22(33)31-16-6-7-16/h8-9,11-14,16,18,30H,2-7,10H2,1H3,(H,31,33)(H,32,34)/t13?,18-/m0/s1. The van der Waals surface area contributed by atoms with Crippen LogP contribution in [0.1, 0.15) is 78.2 Å². The first-order valence-corrected chi connectivity index (χ1v) is 13.0. The van der Waals surface area contributed by atoms with Gasteiger partial charge in [-0.2, -0.15) is 13.2 Å². The lowest BCUT2D eigenvalue weighted by molar-refractivity contribution is -0.140. The van der Waals surface area contributed by atoms with Gasteiger partial charge in [-0.25, -0.2) is 4.98 Å². The van der Waals surface area contributed by atoms with E-state index in [1.165, 1.54) is 17.4 Å². The van der Waals surface area contributed by atoms with Crippen molar-refractivity contribution in [1.82, 2.24) is 15.6 Å². The highest BCUT2D eigenvalue weighted by atomic mass is 35.5. The summed E-state index contributed by atoms with van der Waals surface area (Å²) >= 11 is 7.03. The molecule has 2 aromatic rings. The van der Waals surface area contributed by atoms with Crippen molar-refractivity contribution in [2.45, 2.75) is 76.2 Å². The van der Waals surface area contributed by atoms with E-state index in [1.807, 2.05) is 0 Å². The molecule has 2 aliphatic rings. The molecular weight excluding hydrogens is 501 g/mol. The number of alkyl halides is 3. The minimum absolute atomic E-state index is 0.0803. The average molecular weight is 529 g/mol. The normalized spacial score (nSPS) is 18.2. The van der Waals surface area contributed by atoms with E-state index in [9.17, 15) is 22.8 Å². The summed E-state index contributed by atoms with van der Waals surface area (Å²) in [6.07, 6.45) is 3.28. The molecule has 2 amide bonds. The first-order valence-electron chi connectivity index (χ1n) is 11.8. The van der Waals surface area contributed by atoms with Gasteiger partial charge >= 0.3 is 6.18 Å². The predicted octanol–water partition coefficient (Wildman–Crippen LogP) is 5.95. The molecule has 2 heterocycles. The second kappa shape index (κ2) is 10.7. The molecule has 2 aromatic heterocycles. The summed E-state index contributed by atoms with van der Waals surface area (Å²) in [5.41, 5.74) is -1.29. The van der Waals surface area contributed by atoms with Crippen LogP contribution in [0.15, 0.2) is 24.4 Å². The molecule has 1 unspecified atom stereocenters. The minimum Gasteiger partial charge on any atom is -0.376 e. The van der Waals surface area contributed by atoms with Crippen LogP contribution >= 0.6 is 22.9 Å². The van der Waals surface area contributed by atoms with E-state index in [0.717, 1.165) is 44.7 Å². The van der Waals surface area contributed by atoms with Gasteiger partial charge in [-0.05, 0) is 50.3 Å². The van der Waals surface area contributed by atoms with Crippen LogP contribution in [-0.2, 0) is 11.0 Å². The molecule has 2 saturated carbocycles. The summed E-state index contributed by atoms with van der Waals surface area (Å²) in [6, 6.07) is 3.57. The second-order valence-electron chi connectivity index (χ2n) is 9.31. The summed E-state index contributed by atoms with van der Waals surface area (Å²) in [5, 5.41) is 8.77. The van der Waals surface area contributed by atoms with E-state index < -0.39 is 24.0 Å². The molecule has 4 rings (SSSR count). The number of aromatic nitrogens is 1. The Labute approximate surface area is 211 Å². The van der Waals surface area contributed by atoms with Crippen molar-refractivity contribution in [2.75, 3.05) is 5.32 Å². The third-order valence-corrected chi connectivity index (χ3v) is 7.83. The lowest BCUT2D eigenvalue weighted by Gasteiger charge is -2.21. The first-order chi connectivity index (χ1) is 16.6. The number of halogens is 4. The zero-order valence-corrected chi connectivity index (χ0v) is 20.8. The first kappa shape index (κ1) is 25.8. The number of carbonyl (C=O) groups excluding carboxylic acids is 2. The van der Waals surface area contributed by atoms with Crippen molar-refractivity contribution >= 4 is 40.4 Å². The van der Waals surface area contributed by atoms with Crippen LogP contribution in [0.3, 0.4) is 0 Å². The summed E-state index contributed by atoms with van der Waals surface area (Å²) in [6.45, 7) is 1.69. The number of amides is 2. The lowest BCUT2D eigenvalue weighted by Crippen LogP contribution is -2.48. The van der Waals surface area contributed by atoms with E-state index in [-0.39, 0.29) is 28.6 Å². The smallest absolute Gasteiger partial charge is 0.376 e. The van der Waals surface area contributed by atoms with Crippen LogP contribution in [0.2, 0.25) is 5.02 Å². The lowest BCUT2D eigenvalue weighted by atomic mass is 9.97. The van der Waals surface area contributed by atoms with E-state index >= 15 is 0 Å². The molecule has 6 nitrogen and oxygen atoms in total. The van der Waals surface area contributed by atoms with Crippen molar-refractivity contribution in [3.63, 3.8) is 0 Å². The summed E-state index contributed by atoms with van der Waals surface area (Å²) in [7, 11) is 0. The summed E-state index contributed by atoms with van der Waals surface area (Å²) in [5.74, 6) is -0.0852. The third kappa shape index (κ3) is 6.88. The van der Waals surface area contributed by atoms with Crippen molar-refractivity contribution in [2.24, 2.45) is 5.92 Å². The monoisotopic (exact) mass is 528 g/mol. The van der Waals surface area contributed by atoms with Gasteiger partial charge in [-0.15, -0.1) is 11.3 Å². The van der Waals surface area contributed by atoms with Gasteiger partial charge < -0.3 is 16.0 Å². The van der Waals surface area contributed by atoms with Crippen molar-refractivity contribution in [3.8, 4) is 0 Å². The summed E-state index contributed by atoms with van der Waals surface area (Å²) < 4.78 is 40.0. The van der Waals surface area contributed by atoms with E-state index in [0.29, 0.717) is 22.1 Å². The quantitative estimate of drug-likeness (QED) is 0.376. The molecule has 35 heavy (non-hydrogen) atoms. The number of hydrogen-bond acceptors (Lipinski definition) is 5. The van der Waals surface area contributed by atoms with Gasteiger partial charge in [0.2, 0.25) is 5.91 Å². The Bertz CT molecular complexity index is 1070. The van der Waals surface area contributed by atoms with Crippen LogP contribution in [0.25, 0.3) is 0 Å². The third-order valence-electron chi connectivity index (χ3n) is 6.36. The topological polar surface area (TPSA) is 83.1 Å². The molecule has 0 aliphatic heterocycles. The van der Waals surface area contributed by atoms with Gasteiger partial charge in [0.15, 0.2) is 5.69 Å². The van der Waals surface area contributed by atoms with Crippen LogP contribution in [0, 0.1) is 5.92 Å². The SMILES string of the molecule is CC(Nc1cc(Cl)cnc1C(F)(F)F)c1ccc(C(=O)N[C@@H](CC2CCCC2)C(=O)NC2CC2)s1. The number of nitrogens with zero attached hydrogens (tertiary/aromatic N) is 1. The Morgan fingerprint density at radius 1 is 1.20 bits per heavy atom. The highest BCUT2D eigenvalue weighted by Crippen LogP contribution is 2.37. The molecule has 2 fully saturated rings. The van der Waals surface area contributed by atoms with Crippen molar-refractivity contribution in [3.05, 3.63) is 44.9 Å². The predicted molar refractivity (Wildman–Crippen MR) is 130 cm³/mol. The largest absolute Gasteiger partial charge is 0.435 e. The maximum absolute atomic E-state index is 13.3. The highest BCUT2D eigenvalue weighted by Gasteiger charge is 2.36. The summed E-state index contributed by atoms with van der Waals surface area (Å²) in [4.78, 5) is 30.2.